The van der Waals surface area contributed by atoms with Gasteiger partial charge in [-0.25, -0.2) is 8.42 Å². The minimum absolute atomic E-state index is 0.000130. The summed E-state index contributed by atoms with van der Waals surface area (Å²) in [5.74, 6) is -0.000130. The van der Waals surface area contributed by atoms with Crippen molar-refractivity contribution in [1.82, 2.24) is 10.2 Å². The third kappa shape index (κ3) is 7.50. The topological polar surface area (TPSA) is 78.5 Å². The highest BCUT2D eigenvalue weighted by Gasteiger charge is 2.14. The molecule has 8 heteroatoms. The number of nitrogens with one attached hydrogen (secondary N) is 2. The molecule has 0 spiro atoms. The van der Waals surface area contributed by atoms with E-state index in [1.165, 1.54) is 0 Å². The Kier molecular flexibility index (Phi) is 8.29. The molecule has 0 aliphatic carbocycles. The van der Waals surface area contributed by atoms with Crippen molar-refractivity contribution in [3.63, 3.8) is 0 Å². The summed E-state index contributed by atoms with van der Waals surface area (Å²) in [6.45, 7) is 1.59. The molecular formula is C20H26ClN3O3S. The number of aryl methyl sites for hydroxylation is 1. The Hall–Kier alpha value is -2.09. The zero-order valence-corrected chi connectivity index (χ0v) is 17.7. The lowest BCUT2D eigenvalue weighted by atomic mass is 10.1. The second kappa shape index (κ2) is 10.5. The molecule has 0 heterocycles. The molecule has 2 aromatic rings. The highest BCUT2D eigenvalue weighted by Crippen LogP contribution is 2.19. The number of sulfonamides is 1. The van der Waals surface area contributed by atoms with Crippen molar-refractivity contribution in [2.45, 2.75) is 24.2 Å². The Labute approximate surface area is 171 Å². The molecule has 0 unspecified atom stereocenters. The van der Waals surface area contributed by atoms with Gasteiger partial charge in [0.05, 0.1) is 4.90 Å². The first-order chi connectivity index (χ1) is 13.3. The fourth-order valence-electron chi connectivity index (χ4n) is 2.54. The summed E-state index contributed by atoms with van der Waals surface area (Å²) in [4.78, 5) is 14.1. The van der Waals surface area contributed by atoms with Crippen LogP contribution < -0.4 is 10.0 Å². The number of hydrogen-bond donors (Lipinski definition) is 2. The first kappa shape index (κ1) is 22.2. The number of amides is 1. The van der Waals surface area contributed by atoms with Crippen molar-refractivity contribution in [3.05, 3.63) is 59.1 Å². The van der Waals surface area contributed by atoms with Gasteiger partial charge in [-0.15, -0.1) is 0 Å². The number of carbonyl (C=O) groups is 1. The van der Waals surface area contributed by atoms with Crippen LogP contribution in [0.2, 0.25) is 5.02 Å². The smallest absolute Gasteiger partial charge is 0.261 e. The van der Waals surface area contributed by atoms with Crippen LogP contribution in [0.1, 0.15) is 18.4 Å². The highest BCUT2D eigenvalue weighted by atomic mass is 35.5. The van der Waals surface area contributed by atoms with Gasteiger partial charge in [-0.2, -0.15) is 0 Å². The van der Waals surface area contributed by atoms with E-state index in [9.17, 15) is 13.2 Å². The van der Waals surface area contributed by atoms with Crippen molar-refractivity contribution in [1.29, 1.82) is 0 Å². The second-order valence-electron chi connectivity index (χ2n) is 6.76. The number of nitrogens with zero attached hydrogens (tertiary/aromatic N) is 1. The Morgan fingerprint density at radius 2 is 1.68 bits per heavy atom. The van der Waals surface area contributed by atoms with Crippen molar-refractivity contribution in [3.8, 4) is 0 Å². The Morgan fingerprint density at radius 1 is 1.04 bits per heavy atom. The summed E-state index contributed by atoms with van der Waals surface area (Å²) in [6, 6.07) is 13.0. The lowest BCUT2D eigenvalue weighted by Crippen LogP contribution is -2.27. The molecule has 28 heavy (non-hydrogen) atoms. The summed E-state index contributed by atoms with van der Waals surface area (Å²) in [5, 5.41) is 3.43. The fraction of sp³-hybridized carbons (Fsp3) is 0.350. The zero-order valence-electron chi connectivity index (χ0n) is 16.1. The van der Waals surface area contributed by atoms with E-state index in [1.807, 2.05) is 14.1 Å². The third-order valence-corrected chi connectivity index (χ3v) is 5.72. The zero-order chi connectivity index (χ0) is 20.6. The lowest BCUT2D eigenvalue weighted by molar-refractivity contribution is -0.121. The minimum Gasteiger partial charge on any atom is -0.356 e. The van der Waals surface area contributed by atoms with Crippen LogP contribution in [0, 0.1) is 0 Å². The number of halogens is 1. The SMILES string of the molecule is CN(C)CCCNC(=O)CCc1ccc(S(=O)(=O)Nc2ccc(Cl)cc2)cc1. The fourth-order valence-corrected chi connectivity index (χ4v) is 3.72. The van der Waals surface area contributed by atoms with Crippen molar-refractivity contribution < 1.29 is 13.2 Å². The van der Waals surface area contributed by atoms with Gasteiger partial charge in [0.15, 0.2) is 0 Å². The molecule has 0 aliphatic heterocycles. The van der Waals surface area contributed by atoms with Gasteiger partial charge in [0, 0.05) is 23.7 Å². The second-order valence-corrected chi connectivity index (χ2v) is 8.88. The van der Waals surface area contributed by atoms with Gasteiger partial charge in [-0.1, -0.05) is 23.7 Å². The molecule has 0 saturated heterocycles. The molecule has 0 atom stereocenters. The number of carbonyl (C=O) groups excluding carboxylic acids is 1. The van der Waals surface area contributed by atoms with E-state index in [0.29, 0.717) is 30.1 Å². The third-order valence-electron chi connectivity index (χ3n) is 4.08. The van der Waals surface area contributed by atoms with Crippen LogP contribution in [-0.4, -0.2) is 46.4 Å². The van der Waals surface area contributed by atoms with Crippen LogP contribution in [0.25, 0.3) is 0 Å². The van der Waals surface area contributed by atoms with Crippen LogP contribution in [0.4, 0.5) is 5.69 Å². The van der Waals surface area contributed by atoms with E-state index in [-0.39, 0.29) is 10.8 Å². The summed E-state index contributed by atoms with van der Waals surface area (Å²) in [7, 11) is 0.321. The van der Waals surface area contributed by atoms with Crippen LogP contribution >= 0.6 is 11.6 Å². The van der Waals surface area contributed by atoms with Crippen molar-refractivity contribution in [2.75, 3.05) is 31.9 Å². The van der Waals surface area contributed by atoms with E-state index < -0.39 is 10.0 Å². The van der Waals surface area contributed by atoms with E-state index in [1.54, 1.807) is 48.5 Å². The molecule has 0 aliphatic rings. The van der Waals surface area contributed by atoms with Gasteiger partial charge in [0.2, 0.25) is 5.91 Å². The number of benzene rings is 2. The summed E-state index contributed by atoms with van der Waals surface area (Å²) in [5.41, 5.74) is 1.35. The van der Waals surface area contributed by atoms with Gasteiger partial charge in [-0.05, 0) is 75.4 Å². The van der Waals surface area contributed by atoms with Crippen molar-refractivity contribution in [2.24, 2.45) is 0 Å². The molecule has 0 radical (unpaired) electrons. The predicted octanol–water partition coefficient (Wildman–Crippen LogP) is 3.14. The van der Waals surface area contributed by atoms with E-state index in [4.69, 9.17) is 11.6 Å². The van der Waals surface area contributed by atoms with Crippen LogP contribution in [-0.2, 0) is 21.2 Å². The quantitative estimate of drug-likeness (QED) is 0.575. The first-order valence-electron chi connectivity index (χ1n) is 9.05. The van der Waals surface area contributed by atoms with E-state index in [2.05, 4.69) is 14.9 Å². The average Bonchev–Trinajstić information content (AvgIpc) is 2.65. The molecule has 0 saturated carbocycles. The maximum absolute atomic E-state index is 12.4. The Bertz CT molecular complexity index is 867. The molecule has 0 bridgehead atoms. The Morgan fingerprint density at radius 3 is 2.29 bits per heavy atom. The van der Waals surface area contributed by atoms with Crippen LogP contribution in [0.15, 0.2) is 53.4 Å². The summed E-state index contributed by atoms with van der Waals surface area (Å²) < 4.78 is 27.4. The maximum atomic E-state index is 12.4. The maximum Gasteiger partial charge on any atom is 0.261 e. The molecular weight excluding hydrogens is 398 g/mol. The first-order valence-corrected chi connectivity index (χ1v) is 10.9. The number of anilines is 1. The lowest BCUT2D eigenvalue weighted by Gasteiger charge is -2.10. The van der Waals surface area contributed by atoms with Gasteiger partial charge in [0.25, 0.3) is 10.0 Å². The van der Waals surface area contributed by atoms with Crippen LogP contribution in [0.5, 0.6) is 0 Å². The molecule has 6 nitrogen and oxygen atoms in total. The predicted molar refractivity (Wildman–Crippen MR) is 113 cm³/mol. The molecule has 1 amide bonds. The standard InChI is InChI=1S/C20H26ClN3O3S/c1-24(2)15-3-14-22-20(25)13-6-16-4-11-19(12-5-16)28(26,27)23-18-9-7-17(21)8-10-18/h4-5,7-12,23H,3,6,13-15H2,1-2H3,(H,22,25). The molecule has 0 aromatic heterocycles. The molecule has 0 fully saturated rings. The molecule has 2 aromatic carbocycles. The summed E-state index contributed by atoms with van der Waals surface area (Å²) >= 11 is 5.81. The molecule has 2 N–H and O–H groups in total. The highest BCUT2D eigenvalue weighted by molar-refractivity contribution is 7.92. The van der Waals surface area contributed by atoms with Crippen LogP contribution in [0.3, 0.4) is 0 Å². The summed E-state index contributed by atoms with van der Waals surface area (Å²) in [6.07, 6.45) is 1.84. The van der Waals surface area contributed by atoms with Crippen molar-refractivity contribution >= 4 is 33.2 Å². The van der Waals surface area contributed by atoms with E-state index in [0.717, 1.165) is 18.5 Å². The Balaban J connectivity index is 1.85. The minimum atomic E-state index is -3.67. The molecule has 152 valence electrons. The van der Waals surface area contributed by atoms with E-state index >= 15 is 0 Å². The normalized spacial score (nSPS) is 11.4. The van der Waals surface area contributed by atoms with Gasteiger partial charge < -0.3 is 10.2 Å². The van der Waals surface area contributed by atoms with Gasteiger partial charge in [0.1, 0.15) is 0 Å². The van der Waals surface area contributed by atoms with Gasteiger partial charge in [-0.3, -0.25) is 9.52 Å². The monoisotopic (exact) mass is 423 g/mol. The largest absolute Gasteiger partial charge is 0.356 e. The molecule has 2 rings (SSSR count). The van der Waals surface area contributed by atoms with Gasteiger partial charge >= 0.3 is 0 Å². The number of rotatable bonds is 10. The average molecular weight is 424 g/mol. The number of hydrogen-bond acceptors (Lipinski definition) is 4.